The molecule has 1 saturated carbocycles. The third kappa shape index (κ3) is 2.39. The third-order valence-electron chi connectivity index (χ3n) is 3.79. The van der Waals surface area contributed by atoms with Crippen LogP contribution in [-0.2, 0) is 0 Å². The van der Waals surface area contributed by atoms with Gasteiger partial charge in [-0.15, -0.1) is 0 Å². The van der Waals surface area contributed by atoms with Crippen molar-refractivity contribution < 1.29 is 4.74 Å². The molecule has 4 heteroatoms. The van der Waals surface area contributed by atoms with Crippen LogP contribution in [0.15, 0.2) is 30.3 Å². The molecule has 1 aliphatic rings. The van der Waals surface area contributed by atoms with Gasteiger partial charge in [-0.05, 0) is 38.0 Å². The molecule has 20 heavy (non-hydrogen) atoms. The third-order valence-corrected chi connectivity index (χ3v) is 3.79. The molecule has 0 radical (unpaired) electrons. The summed E-state index contributed by atoms with van der Waals surface area (Å²) in [6, 6.07) is 10.2. The number of hydrogen-bond donors (Lipinski definition) is 1. The Balaban J connectivity index is 2.01. The summed E-state index contributed by atoms with van der Waals surface area (Å²) in [5, 5.41) is 0. The van der Waals surface area contributed by atoms with E-state index >= 15 is 0 Å². The SMILES string of the molecule is COc1ccccc1-c1cc(C)nc(C2CC(N)C2)n1. The molecule has 1 aromatic heterocycles. The Kier molecular flexibility index (Phi) is 3.40. The molecular weight excluding hydrogens is 250 g/mol. The first kappa shape index (κ1) is 13.1. The maximum absolute atomic E-state index is 5.86. The molecule has 0 aliphatic heterocycles. The highest BCUT2D eigenvalue weighted by Gasteiger charge is 2.30. The summed E-state index contributed by atoms with van der Waals surface area (Å²) < 4.78 is 5.42. The van der Waals surface area contributed by atoms with Crippen LogP contribution < -0.4 is 10.5 Å². The minimum atomic E-state index is 0.304. The Bertz CT molecular complexity index is 621. The Morgan fingerprint density at radius 1 is 1.20 bits per heavy atom. The predicted octanol–water partition coefficient (Wildman–Crippen LogP) is 2.67. The lowest BCUT2D eigenvalue weighted by molar-refractivity contribution is 0.338. The second-order valence-corrected chi connectivity index (χ2v) is 5.38. The number of aromatic nitrogens is 2. The van der Waals surface area contributed by atoms with E-state index < -0.39 is 0 Å². The van der Waals surface area contributed by atoms with E-state index in [9.17, 15) is 0 Å². The van der Waals surface area contributed by atoms with E-state index in [0.29, 0.717) is 12.0 Å². The molecule has 1 heterocycles. The molecule has 0 spiro atoms. The van der Waals surface area contributed by atoms with E-state index in [0.717, 1.165) is 41.4 Å². The van der Waals surface area contributed by atoms with Gasteiger partial charge in [0.25, 0.3) is 0 Å². The lowest BCUT2D eigenvalue weighted by Gasteiger charge is -2.31. The first-order valence-electron chi connectivity index (χ1n) is 6.92. The number of nitrogens with two attached hydrogens (primary N) is 1. The number of para-hydroxylation sites is 1. The molecule has 0 bridgehead atoms. The smallest absolute Gasteiger partial charge is 0.132 e. The highest BCUT2D eigenvalue weighted by atomic mass is 16.5. The van der Waals surface area contributed by atoms with Gasteiger partial charge in [0.1, 0.15) is 11.6 Å². The number of hydrogen-bond acceptors (Lipinski definition) is 4. The number of nitrogens with zero attached hydrogens (tertiary/aromatic N) is 2. The standard InChI is InChI=1S/C16H19N3O/c1-10-7-14(13-5-3-4-6-15(13)20-2)19-16(18-10)11-8-12(17)9-11/h3-7,11-12H,8-9,17H2,1-2H3. The van der Waals surface area contributed by atoms with Gasteiger partial charge in [0.15, 0.2) is 0 Å². The van der Waals surface area contributed by atoms with Crippen molar-refractivity contribution in [3.8, 4) is 17.0 Å². The number of methoxy groups -OCH3 is 1. The van der Waals surface area contributed by atoms with Crippen LogP contribution in [0.4, 0.5) is 0 Å². The fourth-order valence-electron chi connectivity index (χ4n) is 2.64. The topological polar surface area (TPSA) is 61.0 Å². The van der Waals surface area contributed by atoms with Gasteiger partial charge in [0.05, 0.1) is 12.8 Å². The molecule has 1 aromatic carbocycles. The maximum atomic E-state index is 5.86. The molecule has 1 fully saturated rings. The van der Waals surface area contributed by atoms with Gasteiger partial charge in [0, 0.05) is 23.2 Å². The van der Waals surface area contributed by atoms with Gasteiger partial charge in [-0.1, -0.05) is 12.1 Å². The Morgan fingerprint density at radius 3 is 2.65 bits per heavy atom. The first-order valence-corrected chi connectivity index (χ1v) is 6.92. The molecule has 4 nitrogen and oxygen atoms in total. The molecule has 0 saturated heterocycles. The maximum Gasteiger partial charge on any atom is 0.132 e. The molecule has 0 unspecified atom stereocenters. The van der Waals surface area contributed by atoms with Crippen LogP contribution in [0.2, 0.25) is 0 Å². The number of ether oxygens (including phenoxy) is 1. The zero-order valence-electron chi connectivity index (χ0n) is 11.8. The Labute approximate surface area is 119 Å². The second kappa shape index (κ2) is 5.21. The first-order chi connectivity index (χ1) is 9.67. The summed E-state index contributed by atoms with van der Waals surface area (Å²) in [4.78, 5) is 9.29. The summed E-state index contributed by atoms with van der Waals surface area (Å²) in [5.41, 5.74) is 8.77. The number of rotatable bonds is 3. The van der Waals surface area contributed by atoms with Gasteiger partial charge < -0.3 is 10.5 Å². The van der Waals surface area contributed by atoms with Crippen molar-refractivity contribution in [3.05, 3.63) is 41.9 Å². The van der Waals surface area contributed by atoms with Crippen molar-refractivity contribution in [2.24, 2.45) is 5.73 Å². The van der Waals surface area contributed by atoms with E-state index in [1.807, 2.05) is 37.3 Å². The average molecular weight is 269 g/mol. The summed E-state index contributed by atoms with van der Waals surface area (Å²) in [6.07, 6.45) is 1.96. The van der Waals surface area contributed by atoms with Crippen molar-refractivity contribution in [3.63, 3.8) is 0 Å². The quantitative estimate of drug-likeness (QED) is 0.930. The zero-order chi connectivity index (χ0) is 14.1. The lowest BCUT2D eigenvalue weighted by atomic mass is 9.80. The fraction of sp³-hybridized carbons (Fsp3) is 0.375. The summed E-state index contributed by atoms with van der Waals surface area (Å²) in [7, 11) is 1.68. The summed E-state index contributed by atoms with van der Waals surface area (Å²) >= 11 is 0. The number of benzene rings is 1. The van der Waals surface area contributed by atoms with E-state index in [1.165, 1.54) is 0 Å². The Morgan fingerprint density at radius 2 is 1.95 bits per heavy atom. The van der Waals surface area contributed by atoms with Crippen LogP contribution >= 0.6 is 0 Å². The van der Waals surface area contributed by atoms with Crippen molar-refractivity contribution in [1.82, 2.24) is 9.97 Å². The van der Waals surface area contributed by atoms with Crippen LogP contribution in [0, 0.1) is 6.92 Å². The van der Waals surface area contributed by atoms with Crippen LogP contribution in [-0.4, -0.2) is 23.1 Å². The normalized spacial score (nSPS) is 21.4. The minimum absolute atomic E-state index is 0.304. The lowest BCUT2D eigenvalue weighted by Crippen LogP contribution is -2.35. The van der Waals surface area contributed by atoms with E-state index in [4.69, 9.17) is 15.5 Å². The molecule has 2 N–H and O–H groups in total. The average Bonchev–Trinajstić information content (AvgIpc) is 2.43. The van der Waals surface area contributed by atoms with Crippen molar-refractivity contribution in [2.45, 2.75) is 31.7 Å². The summed E-state index contributed by atoms with van der Waals surface area (Å²) in [5.74, 6) is 2.15. The molecule has 3 rings (SSSR count). The monoisotopic (exact) mass is 269 g/mol. The van der Waals surface area contributed by atoms with Gasteiger partial charge in [-0.3, -0.25) is 0 Å². The molecule has 1 aliphatic carbocycles. The van der Waals surface area contributed by atoms with Crippen LogP contribution in [0.25, 0.3) is 11.3 Å². The van der Waals surface area contributed by atoms with Gasteiger partial charge in [0.2, 0.25) is 0 Å². The van der Waals surface area contributed by atoms with Crippen LogP contribution in [0.3, 0.4) is 0 Å². The molecule has 0 amide bonds. The molecule has 2 aromatic rings. The number of aryl methyl sites for hydroxylation is 1. The predicted molar refractivity (Wildman–Crippen MR) is 78.7 cm³/mol. The van der Waals surface area contributed by atoms with Crippen molar-refractivity contribution in [1.29, 1.82) is 0 Å². The molecule has 0 atom stereocenters. The molecular formula is C16H19N3O. The Hall–Kier alpha value is -1.94. The largest absolute Gasteiger partial charge is 0.496 e. The van der Waals surface area contributed by atoms with Crippen LogP contribution in [0.1, 0.15) is 30.3 Å². The van der Waals surface area contributed by atoms with E-state index in [1.54, 1.807) is 7.11 Å². The zero-order valence-corrected chi connectivity index (χ0v) is 11.8. The van der Waals surface area contributed by atoms with Gasteiger partial charge in [-0.2, -0.15) is 0 Å². The van der Waals surface area contributed by atoms with Gasteiger partial charge in [-0.25, -0.2) is 9.97 Å². The second-order valence-electron chi connectivity index (χ2n) is 5.38. The minimum Gasteiger partial charge on any atom is -0.496 e. The van der Waals surface area contributed by atoms with Gasteiger partial charge >= 0.3 is 0 Å². The summed E-state index contributed by atoms with van der Waals surface area (Å²) in [6.45, 7) is 2.00. The highest BCUT2D eigenvalue weighted by Crippen LogP contribution is 2.35. The van der Waals surface area contributed by atoms with Crippen molar-refractivity contribution in [2.75, 3.05) is 7.11 Å². The van der Waals surface area contributed by atoms with E-state index in [-0.39, 0.29) is 0 Å². The van der Waals surface area contributed by atoms with Crippen LogP contribution in [0.5, 0.6) is 5.75 Å². The van der Waals surface area contributed by atoms with Crippen molar-refractivity contribution >= 4 is 0 Å². The molecule has 104 valence electrons. The van der Waals surface area contributed by atoms with E-state index in [2.05, 4.69) is 4.98 Å². The fourth-order valence-corrected chi connectivity index (χ4v) is 2.64. The highest BCUT2D eigenvalue weighted by molar-refractivity contribution is 5.67.